The Morgan fingerprint density at radius 2 is 1.77 bits per heavy atom. The number of nitrogens with zero attached hydrogens (tertiary/aromatic N) is 3. The fourth-order valence-corrected chi connectivity index (χ4v) is 8.87. The van der Waals surface area contributed by atoms with Crippen molar-refractivity contribution >= 4 is 23.6 Å². The molecule has 1 heterocycles. The quantitative estimate of drug-likeness (QED) is 0.0472. The number of nitro groups is 1. The molecule has 2 amide bonds. The molecule has 15 nitrogen and oxygen atoms in total. The molecule has 0 saturated heterocycles. The van der Waals surface area contributed by atoms with Crippen LogP contribution in [0.2, 0.25) is 0 Å². The van der Waals surface area contributed by atoms with Gasteiger partial charge in [-0.15, -0.1) is 6.58 Å². The number of carbonyl (C=O) groups is 2. The molecule has 3 N–H and O–H groups in total. The average Bonchev–Trinajstić information content (AvgIpc) is 3.26. The number of non-ortho nitro benzene ring substituents is 1. The monoisotopic (exact) mass is 826 g/mol. The van der Waals surface area contributed by atoms with Crippen LogP contribution in [0.15, 0.2) is 102 Å². The highest BCUT2D eigenvalue weighted by Gasteiger charge is 2.65. The highest BCUT2D eigenvalue weighted by Crippen LogP contribution is 2.61. The molecule has 0 bridgehead atoms. The molecule has 0 radical (unpaired) electrons. The van der Waals surface area contributed by atoms with Crippen molar-refractivity contribution in [2.24, 2.45) is 22.9 Å². The lowest BCUT2D eigenvalue weighted by molar-refractivity contribution is -0.384. The Labute approximate surface area is 349 Å². The standard InChI is InChI=1S/C45H54N4O11/c1-4-24-57-45-40(48(2)44(53)56-3)27-38(47-58-29-31-16-18-33(19-17-31)49(54)55)36-25-32(14-8-10-22-50)35(15-9-11-23-51)41(42(36)45)37-26-34(20-21-39(37)60-45)59-43(52)46-28-30-12-6-5-7-13-30/h4-7,12-13,16-21,25-26,32,35,40-42,50-51H,1,8-11,14-15,22-24,27-29H2,2-3H3,(H,46,52). The van der Waals surface area contributed by atoms with Crippen molar-refractivity contribution in [3.8, 4) is 11.5 Å². The van der Waals surface area contributed by atoms with Gasteiger partial charge in [0.2, 0.25) is 5.79 Å². The normalized spacial score (nSPS) is 23.2. The summed E-state index contributed by atoms with van der Waals surface area (Å²) < 4.78 is 25.0. The fourth-order valence-electron chi connectivity index (χ4n) is 8.87. The molecule has 6 atom stereocenters. The van der Waals surface area contributed by atoms with Crippen LogP contribution in [-0.2, 0) is 27.5 Å². The molecule has 15 heteroatoms. The third-order valence-electron chi connectivity index (χ3n) is 11.6. The van der Waals surface area contributed by atoms with Gasteiger partial charge < -0.3 is 44.2 Å². The van der Waals surface area contributed by atoms with Crippen molar-refractivity contribution in [2.75, 3.05) is 34.0 Å². The minimum atomic E-state index is -1.49. The van der Waals surface area contributed by atoms with Crippen molar-refractivity contribution in [1.29, 1.82) is 0 Å². The van der Waals surface area contributed by atoms with E-state index in [0.717, 1.165) is 42.4 Å². The minimum Gasteiger partial charge on any atom is -0.459 e. The Hall–Kier alpha value is -5.77. The molecule has 1 saturated carbocycles. The van der Waals surface area contributed by atoms with E-state index in [4.69, 9.17) is 28.9 Å². The van der Waals surface area contributed by atoms with Gasteiger partial charge in [0.05, 0.1) is 30.3 Å². The molecule has 3 aromatic rings. The van der Waals surface area contributed by atoms with Gasteiger partial charge in [0, 0.05) is 56.8 Å². The van der Waals surface area contributed by atoms with Crippen LogP contribution < -0.4 is 14.8 Å². The van der Waals surface area contributed by atoms with Gasteiger partial charge in [-0.3, -0.25) is 10.1 Å². The lowest BCUT2D eigenvalue weighted by Gasteiger charge is -2.59. The van der Waals surface area contributed by atoms with Crippen LogP contribution in [0.3, 0.4) is 0 Å². The molecule has 2 aliphatic carbocycles. The maximum Gasteiger partial charge on any atom is 0.412 e. The van der Waals surface area contributed by atoms with Gasteiger partial charge in [-0.25, -0.2) is 9.59 Å². The first kappa shape index (κ1) is 43.8. The second kappa shape index (κ2) is 20.5. The summed E-state index contributed by atoms with van der Waals surface area (Å²) in [6.07, 6.45) is 6.89. The number of benzene rings is 3. The van der Waals surface area contributed by atoms with E-state index < -0.39 is 34.9 Å². The highest BCUT2D eigenvalue weighted by molar-refractivity contribution is 6.03. The number of carbonyl (C=O) groups excluding carboxylic acids is 2. The van der Waals surface area contributed by atoms with E-state index in [2.05, 4.69) is 18.0 Å². The summed E-state index contributed by atoms with van der Waals surface area (Å²) in [4.78, 5) is 44.8. The van der Waals surface area contributed by atoms with E-state index in [1.807, 2.05) is 36.4 Å². The third-order valence-corrected chi connectivity index (χ3v) is 11.6. The highest BCUT2D eigenvalue weighted by atomic mass is 16.7. The number of unbranched alkanes of at least 4 members (excludes halogenated alkanes) is 2. The molecule has 6 rings (SSSR count). The number of nitrogens with one attached hydrogen (secondary N) is 1. The largest absolute Gasteiger partial charge is 0.459 e. The van der Waals surface area contributed by atoms with E-state index in [1.165, 1.54) is 24.1 Å². The minimum absolute atomic E-state index is 0.0224. The molecule has 3 aliphatic rings. The summed E-state index contributed by atoms with van der Waals surface area (Å²) in [6, 6.07) is 20.0. The van der Waals surface area contributed by atoms with Gasteiger partial charge in [0.25, 0.3) is 5.69 Å². The molecule has 0 spiro atoms. The summed E-state index contributed by atoms with van der Waals surface area (Å²) in [6.45, 7) is 4.40. The number of aliphatic hydroxyl groups excluding tert-OH is 2. The Morgan fingerprint density at radius 1 is 1.03 bits per heavy atom. The number of amides is 2. The Balaban J connectivity index is 1.48. The molecule has 60 heavy (non-hydrogen) atoms. The van der Waals surface area contributed by atoms with Gasteiger partial charge in [-0.1, -0.05) is 60.5 Å². The first-order chi connectivity index (χ1) is 29.1. The van der Waals surface area contributed by atoms with Crippen LogP contribution in [0.1, 0.15) is 67.6 Å². The van der Waals surface area contributed by atoms with Gasteiger partial charge >= 0.3 is 12.2 Å². The smallest absolute Gasteiger partial charge is 0.412 e. The number of methoxy groups -OCH3 is 1. The van der Waals surface area contributed by atoms with Crippen LogP contribution in [0.4, 0.5) is 15.3 Å². The van der Waals surface area contributed by atoms with Gasteiger partial charge in [0.15, 0.2) is 0 Å². The predicted octanol–water partition coefficient (Wildman–Crippen LogP) is 7.42. The third kappa shape index (κ3) is 9.81. The Bertz CT molecular complexity index is 2020. The number of fused-ring (bicyclic) bond motifs is 2. The van der Waals surface area contributed by atoms with Crippen LogP contribution in [-0.4, -0.2) is 83.7 Å². The van der Waals surface area contributed by atoms with Crippen LogP contribution in [0.25, 0.3) is 0 Å². The summed E-state index contributed by atoms with van der Waals surface area (Å²) in [7, 11) is 2.93. The number of oxime groups is 1. The molecule has 3 aromatic carbocycles. The number of rotatable bonds is 19. The van der Waals surface area contributed by atoms with Crippen molar-refractivity contribution in [2.45, 2.75) is 75.8 Å². The molecule has 0 aromatic heterocycles. The molecule has 6 unspecified atom stereocenters. The van der Waals surface area contributed by atoms with Crippen LogP contribution in [0, 0.1) is 27.9 Å². The maximum absolute atomic E-state index is 13.4. The zero-order valence-corrected chi connectivity index (χ0v) is 34.1. The van der Waals surface area contributed by atoms with E-state index in [0.29, 0.717) is 35.6 Å². The number of hydrogen-bond donors (Lipinski definition) is 3. The lowest BCUT2D eigenvalue weighted by Crippen LogP contribution is -2.69. The summed E-state index contributed by atoms with van der Waals surface area (Å²) in [5.74, 6) is -1.69. The van der Waals surface area contributed by atoms with Crippen molar-refractivity contribution in [1.82, 2.24) is 10.2 Å². The summed E-state index contributed by atoms with van der Waals surface area (Å²) >= 11 is 0. The second-order valence-corrected chi connectivity index (χ2v) is 15.3. The molecular formula is C45H54N4O11. The van der Waals surface area contributed by atoms with E-state index >= 15 is 0 Å². The first-order valence-electron chi connectivity index (χ1n) is 20.4. The fraction of sp³-hybridized carbons (Fsp3) is 0.444. The predicted molar refractivity (Wildman–Crippen MR) is 222 cm³/mol. The first-order valence-corrected chi connectivity index (χ1v) is 20.4. The van der Waals surface area contributed by atoms with Crippen molar-refractivity contribution < 1.29 is 48.5 Å². The van der Waals surface area contributed by atoms with Crippen molar-refractivity contribution in [3.05, 3.63) is 124 Å². The number of nitro benzene ring substituents is 1. The van der Waals surface area contributed by atoms with E-state index in [-0.39, 0.29) is 62.8 Å². The van der Waals surface area contributed by atoms with E-state index in [1.54, 1.807) is 37.4 Å². The van der Waals surface area contributed by atoms with Gasteiger partial charge in [-0.05, 0) is 84.6 Å². The number of hydrogen-bond acceptors (Lipinski definition) is 12. The average molecular weight is 827 g/mol. The number of allylic oxidation sites excluding steroid dienone is 1. The summed E-state index contributed by atoms with van der Waals surface area (Å²) in [5, 5.41) is 38.5. The molecule has 320 valence electrons. The van der Waals surface area contributed by atoms with Crippen molar-refractivity contribution in [3.63, 3.8) is 0 Å². The topological polar surface area (TPSA) is 192 Å². The lowest BCUT2D eigenvalue weighted by atomic mass is 9.55. The summed E-state index contributed by atoms with van der Waals surface area (Å²) in [5.41, 5.74) is 3.70. The number of ether oxygens (including phenoxy) is 4. The zero-order chi connectivity index (χ0) is 42.6. The zero-order valence-electron chi connectivity index (χ0n) is 34.1. The van der Waals surface area contributed by atoms with Gasteiger partial charge in [-0.2, -0.15) is 0 Å². The number of likely N-dealkylation sites (N-methyl/N-ethyl adjacent to an activating group) is 1. The van der Waals surface area contributed by atoms with Gasteiger partial charge in [0.1, 0.15) is 24.1 Å². The molecular weight excluding hydrogens is 773 g/mol. The Morgan fingerprint density at radius 3 is 2.45 bits per heavy atom. The van der Waals surface area contributed by atoms with Crippen LogP contribution >= 0.6 is 0 Å². The van der Waals surface area contributed by atoms with Crippen LogP contribution in [0.5, 0.6) is 11.5 Å². The number of aliphatic hydroxyl groups is 2. The van der Waals surface area contributed by atoms with E-state index in [9.17, 15) is 29.9 Å². The second-order valence-electron chi connectivity index (χ2n) is 15.3. The Kier molecular flexibility index (Phi) is 14.9. The molecule has 1 fully saturated rings. The SMILES string of the molecule is C=CCOC12Oc3ccc(OC(=O)NCc4ccccc4)cc3C3C(CCCCO)C(CCCCO)C=C(C(=NOCc4ccc([N+](=O)[O-])cc4)CC1N(C)C(=O)OC)C32. The molecule has 1 aliphatic heterocycles. The maximum atomic E-state index is 13.4.